The Labute approximate surface area is 233 Å². The topological polar surface area (TPSA) is 68.7 Å². The molecule has 196 valence electrons. The summed E-state index contributed by atoms with van der Waals surface area (Å²) in [5.41, 5.74) is 1.87. The standard InChI is InChI=1S/C27H30Cl2N4O2S2/c1-3-32-24-18(28)12-10-14-20(24)36-26(32)30-22(34)16-8-6-5-7-9-17-23(35)31-27-33(4-2)25-19(29)13-11-15-21(25)37-27/h10-15H,3-9,16-17H2,1-2H3. The van der Waals surface area contributed by atoms with Gasteiger partial charge in [0.15, 0.2) is 9.60 Å². The molecule has 0 fully saturated rings. The van der Waals surface area contributed by atoms with Gasteiger partial charge in [-0.05, 0) is 51.0 Å². The monoisotopic (exact) mass is 576 g/mol. The number of aryl methyl sites for hydroxylation is 2. The number of nitrogens with zero attached hydrogens (tertiary/aromatic N) is 4. The Hall–Kier alpha value is -2.26. The first-order valence-corrected chi connectivity index (χ1v) is 15.0. The number of para-hydroxylation sites is 2. The van der Waals surface area contributed by atoms with Crippen LogP contribution >= 0.6 is 45.9 Å². The number of hydrogen-bond donors (Lipinski definition) is 0. The quantitative estimate of drug-likeness (QED) is 0.185. The molecule has 0 aliphatic heterocycles. The summed E-state index contributed by atoms with van der Waals surface area (Å²) in [4.78, 5) is 35.0. The highest BCUT2D eigenvalue weighted by molar-refractivity contribution is 7.16. The third-order valence-corrected chi connectivity index (χ3v) is 8.86. The molecule has 0 atom stereocenters. The lowest BCUT2D eigenvalue weighted by Gasteiger charge is -2.02. The van der Waals surface area contributed by atoms with Gasteiger partial charge in [0.1, 0.15) is 0 Å². The first kappa shape index (κ1) is 27.8. The van der Waals surface area contributed by atoms with Crippen molar-refractivity contribution >= 4 is 78.1 Å². The minimum atomic E-state index is -0.105. The van der Waals surface area contributed by atoms with Crippen LogP contribution in [0.1, 0.15) is 58.8 Å². The summed E-state index contributed by atoms with van der Waals surface area (Å²) < 4.78 is 6.06. The lowest BCUT2D eigenvalue weighted by molar-refractivity contribution is -0.118. The van der Waals surface area contributed by atoms with Crippen LogP contribution in [0.4, 0.5) is 0 Å². The molecular formula is C27H30Cl2N4O2S2. The number of rotatable bonds is 10. The summed E-state index contributed by atoms with van der Waals surface area (Å²) in [6.45, 7) is 5.46. The van der Waals surface area contributed by atoms with E-state index in [0.717, 1.165) is 52.5 Å². The zero-order valence-electron chi connectivity index (χ0n) is 21.0. The van der Waals surface area contributed by atoms with Gasteiger partial charge in [0.25, 0.3) is 0 Å². The minimum absolute atomic E-state index is 0.105. The van der Waals surface area contributed by atoms with Crippen molar-refractivity contribution in [2.24, 2.45) is 9.98 Å². The van der Waals surface area contributed by atoms with Crippen molar-refractivity contribution in [2.45, 2.75) is 71.9 Å². The second-order valence-corrected chi connectivity index (χ2v) is 11.5. The van der Waals surface area contributed by atoms with Crippen LogP contribution in [0.15, 0.2) is 46.4 Å². The van der Waals surface area contributed by atoms with Gasteiger partial charge in [-0.25, -0.2) is 0 Å². The smallest absolute Gasteiger partial charge is 0.248 e. The van der Waals surface area contributed by atoms with E-state index in [0.29, 0.717) is 45.6 Å². The van der Waals surface area contributed by atoms with E-state index in [4.69, 9.17) is 23.2 Å². The van der Waals surface area contributed by atoms with E-state index in [9.17, 15) is 9.59 Å². The van der Waals surface area contributed by atoms with Crippen molar-refractivity contribution in [1.82, 2.24) is 9.13 Å². The Morgan fingerprint density at radius 1 is 0.703 bits per heavy atom. The van der Waals surface area contributed by atoms with Gasteiger partial charge >= 0.3 is 0 Å². The van der Waals surface area contributed by atoms with E-state index in [1.165, 1.54) is 22.7 Å². The summed E-state index contributed by atoms with van der Waals surface area (Å²) in [5, 5.41) is 1.35. The molecule has 0 bridgehead atoms. The molecule has 0 unspecified atom stereocenters. The third kappa shape index (κ3) is 6.60. The first-order valence-electron chi connectivity index (χ1n) is 12.6. The number of halogens is 2. The molecule has 37 heavy (non-hydrogen) atoms. The molecule has 0 saturated heterocycles. The summed E-state index contributed by atoms with van der Waals surface area (Å²) in [6.07, 6.45) is 5.26. The van der Waals surface area contributed by atoms with E-state index >= 15 is 0 Å². The molecule has 2 aromatic heterocycles. The van der Waals surface area contributed by atoms with Crippen molar-refractivity contribution in [3.8, 4) is 0 Å². The minimum Gasteiger partial charge on any atom is -0.315 e. The van der Waals surface area contributed by atoms with Crippen molar-refractivity contribution in [2.75, 3.05) is 0 Å². The summed E-state index contributed by atoms with van der Waals surface area (Å²) in [7, 11) is 0. The molecule has 2 heterocycles. The van der Waals surface area contributed by atoms with Gasteiger partial charge in [-0.15, -0.1) is 0 Å². The fourth-order valence-electron chi connectivity index (χ4n) is 4.34. The van der Waals surface area contributed by atoms with Crippen LogP contribution in [0.25, 0.3) is 20.4 Å². The number of fused-ring (bicyclic) bond motifs is 2. The maximum Gasteiger partial charge on any atom is 0.248 e. The number of carbonyl (C=O) groups excluding carboxylic acids is 2. The SMILES string of the molecule is CCn1c(=NC(=O)CCCCCCCC(=O)N=c2sc3cccc(Cl)c3n2CC)sc2cccc(Cl)c21. The number of carbonyl (C=O) groups is 2. The van der Waals surface area contributed by atoms with Gasteiger partial charge < -0.3 is 9.13 Å². The molecule has 10 heteroatoms. The Bertz CT molecular complexity index is 1450. The number of unbranched alkanes of at least 4 members (excludes halogenated alkanes) is 4. The Balaban J connectivity index is 1.23. The van der Waals surface area contributed by atoms with Crippen LogP contribution in [0, 0.1) is 0 Å². The maximum atomic E-state index is 12.5. The van der Waals surface area contributed by atoms with Crippen LogP contribution in [0.3, 0.4) is 0 Å². The van der Waals surface area contributed by atoms with Crippen LogP contribution in [0.2, 0.25) is 10.0 Å². The zero-order chi connectivity index (χ0) is 26.4. The van der Waals surface area contributed by atoms with Crippen molar-refractivity contribution in [3.05, 3.63) is 56.0 Å². The van der Waals surface area contributed by atoms with Gasteiger partial charge in [-0.2, -0.15) is 9.98 Å². The number of aromatic nitrogens is 2. The van der Waals surface area contributed by atoms with Crippen molar-refractivity contribution < 1.29 is 9.59 Å². The van der Waals surface area contributed by atoms with Crippen LogP contribution in [0.5, 0.6) is 0 Å². The fraction of sp³-hybridized carbons (Fsp3) is 0.407. The highest BCUT2D eigenvalue weighted by Crippen LogP contribution is 2.26. The predicted octanol–water partition coefficient (Wildman–Crippen LogP) is 7.35. The maximum absolute atomic E-state index is 12.5. The third-order valence-electron chi connectivity index (χ3n) is 6.16. The predicted molar refractivity (Wildman–Crippen MR) is 154 cm³/mol. The van der Waals surface area contributed by atoms with Gasteiger partial charge in [-0.1, -0.05) is 77.3 Å². The Morgan fingerprint density at radius 2 is 1.11 bits per heavy atom. The highest BCUT2D eigenvalue weighted by Gasteiger charge is 2.11. The molecule has 0 radical (unpaired) electrons. The second-order valence-electron chi connectivity index (χ2n) is 8.71. The van der Waals surface area contributed by atoms with E-state index in [1.54, 1.807) is 0 Å². The molecule has 0 aliphatic carbocycles. The molecule has 2 amide bonds. The Kier molecular flexibility index (Phi) is 9.76. The Morgan fingerprint density at radius 3 is 1.51 bits per heavy atom. The van der Waals surface area contributed by atoms with Crippen LogP contribution < -0.4 is 9.60 Å². The highest BCUT2D eigenvalue weighted by atomic mass is 35.5. The van der Waals surface area contributed by atoms with Crippen LogP contribution in [-0.2, 0) is 22.7 Å². The van der Waals surface area contributed by atoms with E-state index < -0.39 is 0 Å². The summed E-state index contributed by atoms with van der Waals surface area (Å²) in [6, 6.07) is 11.5. The van der Waals surface area contributed by atoms with Gasteiger partial charge in [-0.3, -0.25) is 9.59 Å². The fourth-order valence-corrected chi connectivity index (χ4v) is 7.28. The molecule has 6 nitrogen and oxygen atoms in total. The molecule has 0 saturated carbocycles. The molecule has 0 spiro atoms. The van der Waals surface area contributed by atoms with Crippen LogP contribution in [-0.4, -0.2) is 20.9 Å². The normalized spacial score (nSPS) is 12.8. The van der Waals surface area contributed by atoms with Gasteiger partial charge in [0, 0.05) is 25.9 Å². The molecule has 0 N–H and O–H groups in total. The molecule has 2 aromatic carbocycles. The second kappa shape index (κ2) is 13.0. The summed E-state index contributed by atoms with van der Waals surface area (Å²) in [5.74, 6) is -0.210. The van der Waals surface area contributed by atoms with E-state index in [-0.39, 0.29) is 11.8 Å². The first-order chi connectivity index (χ1) is 17.9. The average Bonchev–Trinajstić information content (AvgIpc) is 3.41. The molecule has 0 aliphatic rings. The average molecular weight is 578 g/mol. The van der Waals surface area contributed by atoms with Crippen molar-refractivity contribution in [3.63, 3.8) is 0 Å². The van der Waals surface area contributed by atoms with Crippen molar-refractivity contribution in [1.29, 1.82) is 0 Å². The molecular weight excluding hydrogens is 547 g/mol. The summed E-state index contributed by atoms with van der Waals surface area (Å²) >= 11 is 15.7. The molecule has 4 aromatic rings. The van der Waals surface area contributed by atoms with E-state index in [2.05, 4.69) is 9.98 Å². The number of thiazole rings is 2. The number of benzene rings is 2. The number of hydrogen-bond acceptors (Lipinski definition) is 4. The van der Waals surface area contributed by atoms with Gasteiger partial charge in [0.05, 0.1) is 30.5 Å². The lowest BCUT2D eigenvalue weighted by Crippen LogP contribution is -2.16. The zero-order valence-corrected chi connectivity index (χ0v) is 24.2. The number of amides is 2. The largest absolute Gasteiger partial charge is 0.315 e. The lowest BCUT2D eigenvalue weighted by atomic mass is 10.1. The molecule has 4 rings (SSSR count). The van der Waals surface area contributed by atoms with E-state index in [1.807, 2.05) is 59.4 Å². The van der Waals surface area contributed by atoms with Gasteiger partial charge in [0.2, 0.25) is 11.8 Å².